The van der Waals surface area contributed by atoms with Gasteiger partial charge in [-0.2, -0.15) is 9.61 Å². The molecular weight excluding hydrogens is 462 g/mol. The fourth-order valence-electron chi connectivity index (χ4n) is 4.44. The number of carbonyl (C=O) groups excluding carboxylic acids is 1. The van der Waals surface area contributed by atoms with Gasteiger partial charge >= 0.3 is 5.69 Å². The molecule has 0 aliphatic rings. The Hall–Kier alpha value is -3.42. The molecule has 2 N–H and O–H groups in total. The summed E-state index contributed by atoms with van der Waals surface area (Å²) in [7, 11) is 0. The van der Waals surface area contributed by atoms with Crippen LogP contribution in [0.4, 0.5) is 0 Å². The molecule has 2 aromatic heterocycles. The van der Waals surface area contributed by atoms with E-state index in [9.17, 15) is 9.59 Å². The number of carbonyl (C=O) groups is 1. The lowest BCUT2D eigenvalue weighted by Gasteiger charge is -2.33. The summed E-state index contributed by atoms with van der Waals surface area (Å²) < 4.78 is 3.16. The molecule has 7 nitrogen and oxygen atoms in total. The predicted molar refractivity (Wildman–Crippen MR) is 139 cm³/mol. The van der Waals surface area contributed by atoms with Gasteiger partial charge in [-0.3, -0.25) is 9.36 Å². The van der Waals surface area contributed by atoms with Crippen LogP contribution in [0.3, 0.4) is 0 Å². The summed E-state index contributed by atoms with van der Waals surface area (Å²) in [6.07, 6.45) is 1.27. The summed E-state index contributed by atoms with van der Waals surface area (Å²) in [4.78, 5) is 29.1. The Bertz CT molecular complexity index is 1360. The number of aromatic nitrogens is 3. The van der Waals surface area contributed by atoms with Gasteiger partial charge in [0, 0.05) is 22.8 Å². The molecule has 0 radical (unpaired) electrons. The van der Waals surface area contributed by atoms with Crippen LogP contribution in [0.1, 0.15) is 53.1 Å². The van der Waals surface area contributed by atoms with Gasteiger partial charge in [-0.15, -0.1) is 0 Å². The predicted octanol–water partition coefficient (Wildman–Crippen LogP) is 4.45. The normalized spacial score (nSPS) is 12.1. The van der Waals surface area contributed by atoms with E-state index in [4.69, 9.17) is 17.3 Å². The van der Waals surface area contributed by atoms with Gasteiger partial charge in [-0.05, 0) is 68.3 Å². The number of nitrogens with two attached hydrogens (primary N) is 1. The Morgan fingerprint density at radius 1 is 1.11 bits per heavy atom. The van der Waals surface area contributed by atoms with Crippen molar-refractivity contribution in [1.82, 2.24) is 19.1 Å². The summed E-state index contributed by atoms with van der Waals surface area (Å²) in [6.45, 7) is 5.19. The van der Waals surface area contributed by atoms with E-state index < -0.39 is 0 Å². The number of benzene rings is 2. The number of fused-ring (bicyclic) bond motifs is 1. The first-order chi connectivity index (χ1) is 16.9. The molecule has 0 aliphatic heterocycles. The van der Waals surface area contributed by atoms with Crippen LogP contribution in [0, 0.1) is 6.92 Å². The van der Waals surface area contributed by atoms with E-state index >= 15 is 0 Å². The first-order valence-corrected chi connectivity index (χ1v) is 12.2. The van der Waals surface area contributed by atoms with Crippen LogP contribution in [-0.4, -0.2) is 38.1 Å². The molecule has 0 saturated carbocycles. The van der Waals surface area contributed by atoms with E-state index in [1.807, 2.05) is 61.2 Å². The third-order valence-electron chi connectivity index (χ3n) is 6.12. The molecule has 0 bridgehead atoms. The Balaban J connectivity index is 1.86. The van der Waals surface area contributed by atoms with E-state index in [1.54, 1.807) is 28.8 Å². The van der Waals surface area contributed by atoms with Crippen molar-refractivity contribution in [2.45, 2.75) is 39.3 Å². The summed E-state index contributed by atoms with van der Waals surface area (Å²) in [6, 6.07) is 20.2. The van der Waals surface area contributed by atoms with E-state index in [0.29, 0.717) is 48.6 Å². The molecule has 2 heterocycles. The number of aryl methyl sites for hydroxylation is 1. The standard InChI is InChI=1S/C27H30ClN5O2/c1-3-24(31(15-7-14-29)26(34)21-10-12-22(28)13-11-21)25-17-23-16-19(2)30-33(23)27(35)32(25)18-20-8-5-4-6-9-20/h4-6,8-13,16-17,24H,3,7,14-15,18,29H2,1-2H3/t24-/m1/s1. The quantitative estimate of drug-likeness (QED) is 0.375. The second-order valence-corrected chi connectivity index (χ2v) is 9.05. The minimum atomic E-state index is -0.332. The molecule has 0 aliphatic carbocycles. The first kappa shape index (κ1) is 24.7. The lowest BCUT2D eigenvalue weighted by molar-refractivity contribution is 0.0660. The molecule has 35 heavy (non-hydrogen) atoms. The monoisotopic (exact) mass is 491 g/mol. The summed E-state index contributed by atoms with van der Waals surface area (Å²) in [5.74, 6) is -0.120. The van der Waals surface area contributed by atoms with Crippen LogP contribution >= 0.6 is 11.6 Å². The van der Waals surface area contributed by atoms with Crippen LogP contribution in [-0.2, 0) is 6.54 Å². The van der Waals surface area contributed by atoms with Gasteiger partial charge in [0.15, 0.2) is 0 Å². The van der Waals surface area contributed by atoms with Crippen molar-refractivity contribution in [2.24, 2.45) is 5.73 Å². The van der Waals surface area contributed by atoms with Crippen molar-refractivity contribution in [3.63, 3.8) is 0 Å². The van der Waals surface area contributed by atoms with Gasteiger partial charge in [-0.25, -0.2) is 4.79 Å². The number of amides is 1. The topological polar surface area (TPSA) is 85.6 Å². The average molecular weight is 492 g/mol. The Morgan fingerprint density at radius 3 is 2.49 bits per heavy atom. The highest BCUT2D eigenvalue weighted by atomic mass is 35.5. The number of halogens is 1. The summed E-state index contributed by atoms with van der Waals surface area (Å²) in [5, 5.41) is 4.97. The molecule has 0 saturated heterocycles. The molecule has 4 aromatic rings. The SMILES string of the molecule is CC[C@H](c1cc2cc(C)nn2c(=O)n1Cc1ccccc1)N(CCCN)C(=O)c1ccc(Cl)cc1. The van der Waals surface area contributed by atoms with Crippen molar-refractivity contribution in [1.29, 1.82) is 0 Å². The zero-order valence-electron chi connectivity index (χ0n) is 20.0. The molecule has 1 atom stereocenters. The molecule has 8 heteroatoms. The smallest absolute Gasteiger partial charge is 0.330 e. The third-order valence-corrected chi connectivity index (χ3v) is 6.37. The van der Waals surface area contributed by atoms with Gasteiger partial charge in [0.2, 0.25) is 0 Å². The van der Waals surface area contributed by atoms with E-state index in [1.165, 1.54) is 4.52 Å². The average Bonchev–Trinajstić information content (AvgIpc) is 3.25. The maximum absolute atomic E-state index is 13.7. The highest BCUT2D eigenvalue weighted by Gasteiger charge is 2.28. The van der Waals surface area contributed by atoms with Gasteiger partial charge in [0.1, 0.15) is 0 Å². The largest absolute Gasteiger partial charge is 0.349 e. The number of hydrogen-bond acceptors (Lipinski definition) is 4. The zero-order valence-corrected chi connectivity index (χ0v) is 20.8. The second-order valence-electron chi connectivity index (χ2n) is 8.62. The maximum atomic E-state index is 13.7. The zero-order chi connectivity index (χ0) is 24.9. The number of hydrogen-bond donors (Lipinski definition) is 1. The Labute approximate surface area is 209 Å². The van der Waals surface area contributed by atoms with Crippen molar-refractivity contribution < 1.29 is 4.79 Å². The van der Waals surface area contributed by atoms with Crippen LogP contribution in [0.5, 0.6) is 0 Å². The van der Waals surface area contributed by atoms with Crippen molar-refractivity contribution in [3.8, 4) is 0 Å². The second kappa shape index (κ2) is 10.9. The lowest BCUT2D eigenvalue weighted by atomic mass is 10.0. The highest BCUT2D eigenvalue weighted by molar-refractivity contribution is 6.30. The van der Waals surface area contributed by atoms with Crippen LogP contribution in [0.25, 0.3) is 5.52 Å². The molecule has 0 fully saturated rings. The van der Waals surface area contributed by atoms with Crippen molar-refractivity contribution in [3.05, 3.63) is 105 Å². The van der Waals surface area contributed by atoms with Crippen molar-refractivity contribution >= 4 is 23.0 Å². The van der Waals surface area contributed by atoms with Crippen LogP contribution in [0.15, 0.2) is 71.5 Å². The van der Waals surface area contributed by atoms with Crippen molar-refractivity contribution in [2.75, 3.05) is 13.1 Å². The molecule has 0 unspecified atom stereocenters. The molecule has 1 amide bonds. The van der Waals surface area contributed by atoms with E-state index in [-0.39, 0.29) is 17.6 Å². The number of nitrogens with zero attached hydrogens (tertiary/aromatic N) is 4. The van der Waals surface area contributed by atoms with Gasteiger partial charge in [0.25, 0.3) is 5.91 Å². The lowest BCUT2D eigenvalue weighted by Crippen LogP contribution is -2.40. The maximum Gasteiger partial charge on any atom is 0.349 e. The summed E-state index contributed by atoms with van der Waals surface area (Å²) in [5.41, 5.74) is 9.38. The fourth-order valence-corrected chi connectivity index (χ4v) is 4.56. The molecule has 182 valence electrons. The molecule has 0 spiro atoms. The Kier molecular flexibility index (Phi) is 7.68. The first-order valence-electron chi connectivity index (χ1n) is 11.8. The van der Waals surface area contributed by atoms with Gasteiger partial charge in [0.05, 0.1) is 23.8 Å². The minimum Gasteiger partial charge on any atom is -0.330 e. The van der Waals surface area contributed by atoms with E-state index in [0.717, 1.165) is 17.0 Å². The molecule has 2 aromatic carbocycles. The van der Waals surface area contributed by atoms with Gasteiger partial charge < -0.3 is 10.6 Å². The van der Waals surface area contributed by atoms with Crippen LogP contribution < -0.4 is 11.4 Å². The van der Waals surface area contributed by atoms with E-state index in [2.05, 4.69) is 5.10 Å². The molecular formula is C27H30ClN5O2. The summed E-state index contributed by atoms with van der Waals surface area (Å²) >= 11 is 6.05. The number of rotatable bonds is 9. The van der Waals surface area contributed by atoms with Gasteiger partial charge in [-0.1, -0.05) is 48.9 Å². The minimum absolute atomic E-state index is 0.120. The fraction of sp³-hybridized carbons (Fsp3) is 0.296. The third kappa shape index (κ3) is 5.31. The Morgan fingerprint density at radius 2 is 1.83 bits per heavy atom. The van der Waals surface area contributed by atoms with Crippen LogP contribution in [0.2, 0.25) is 5.02 Å². The molecule has 4 rings (SSSR count). The highest BCUT2D eigenvalue weighted by Crippen LogP contribution is 2.28.